The first kappa shape index (κ1) is 21.4. The normalized spacial score (nSPS) is 17.2. The van der Waals surface area contributed by atoms with Crippen LogP contribution in [-0.4, -0.2) is 51.5 Å². The molecule has 0 radical (unpaired) electrons. The van der Waals surface area contributed by atoms with Crippen LogP contribution in [0.3, 0.4) is 0 Å². The van der Waals surface area contributed by atoms with E-state index in [-0.39, 0.29) is 36.3 Å². The molecule has 156 valence electrons. The lowest BCUT2D eigenvalue weighted by Gasteiger charge is -2.16. The molecule has 10 heteroatoms. The van der Waals surface area contributed by atoms with Gasteiger partial charge in [0.2, 0.25) is 11.0 Å². The van der Waals surface area contributed by atoms with Crippen molar-refractivity contribution in [3.63, 3.8) is 0 Å². The minimum Gasteiger partial charge on any atom is -0.457 e. The first-order valence-electron chi connectivity index (χ1n) is 8.84. The molecule has 2 heterocycles. The third-order valence-corrected chi connectivity index (χ3v) is 7.00. The van der Waals surface area contributed by atoms with Crippen LogP contribution in [0.5, 0.6) is 0 Å². The summed E-state index contributed by atoms with van der Waals surface area (Å²) in [4.78, 5) is 27.4. The molecule has 2 aromatic rings. The van der Waals surface area contributed by atoms with Gasteiger partial charge in [-0.05, 0) is 42.7 Å². The Bertz CT molecular complexity index is 998. The third-order valence-electron chi connectivity index (χ3n) is 4.57. The number of anilines is 1. The number of esters is 1. The molecule has 1 fully saturated rings. The predicted octanol–water partition coefficient (Wildman–Crippen LogP) is 2.35. The zero-order chi connectivity index (χ0) is 21.2. The van der Waals surface area contributed by atoms with Crippen molar-refractivity contribution in [2.45, 2.75) is 23.0 Å². The number of ether oxygens (including phenoxy) is 1. The first-order chi connectivity index (χ1) is 13.7. The molecule has 1 amide bonds. The van der Waals surface area contributed by atoms with Crippen LogP contribution in [0.2, 0.25) is 0 Å². The average Bonchev–Trinajstić information content (AvgIpc) is 3.33. The molecule has 1 aliphatic heterocycles. The summed E-state index contributed by atoms with van der Waals surface area (Å²) in [5.41, 5.74) is 0.743. The van der Waals surface area contributed by atoms with Crippen LogP contribution in [0, 0.1) is 5.92 Å². The van der Waals surface area contributed by atoms with Gasteiger partial charge in [0.1, 0.15) is 12.4 Å². The van der Waals surface area contributed by atoms with Crippen LogP contribution in [-0.2, 0) is 31.0 Å². The molecular formula is C19H22N2O6S2. The Balaban J connectivity index is 1.59. The summed E-state index contributed by atoms with van der Waals surface area (Å²) in [5.74, 6) is -1.02. The SMILES string of the molecule is CSc1ccc(N2CC(C(=O)OCc3ccc(S(=O)(=O)N(C)C)o3)CC2=O)cc1. The fourth-order valence-electron chi connectivity index (χ4n) is 2.89. The maximum atomic E-state index is 12.4. The van der Waals surface area contributed by atoms with Gasteiger partial charge < -0.3 is 14.1 Å². The predicted molar refractivity (Wildman–Crippen MR) is 108 cm³/mol. The van der Waals surface area contributed by atoms with E-state index in [4.69, 9.17) is 9.15 Å². The van der Waals surface area contributed by atoms with Crippen LogP contribution in [0.4, 0.5) is 5.69 Å². The average molecular weight is 439 g/mol. The second-order valence-corrected chi connectivity index (χ2v) is 9.68. The lowest BCUT2D eigenvalue weighted by molar-refractivity contribution is -0.150. The molecule has 3 rings (SSSR count). The molecule has 1 aromatic heterocycles. The van der Waals surface area contributed by atoms with Crippen LogP contribution < -0.4 is 4.90 Å². The molecule has 1 unspecified atom stereocenters. The van der Waals surface area contributed by atoms with Gasteiger partial charge in [-0.1, -0.05) is 0 Å². The second kappa shape index (κ2) is 8.60. The van der Waals surface area contributed by atoms with E-state index >= 15 is 0 Å². The number of furan rings is 1. The Morgan fingerprint density at radius 1 is 1.24 bits per heavy atom. The smallest absolute Gasteiger partial charge is 0.311 e. The fraction of sp³-hybridized carbons (Fsp3) is 0.368. The van der Waals surface area contributed by atoms with Gasteiger partial charge in [0.15, 0.2) is 0 Å². The zero-order valence-corrected chi connectivity index (χ0v) is 18.0. The second-order valence-electron chi connectivity index (χ2n) is 6.72. The van der Waals surface area contributed by atoms with Crippen LogP contribution in [0.15, 0.2) is 50.8 Å². The first-order valence-corrected chi connectivity index (χ1v) is 11.5. The van der Waals surface area contributed by atoms with Crippen molar-refractivity contribution in [1.29, 1.82) is 0 Å². The number of carbonyl (C=O) groups is 2. The Kier molecular flexibility index (Phi) is 6.35. The fourth-order valence-corrected chi connectivity index (χ4v) is 4.11. The van der Waals surface area contributed by atoms with Gasteiger partial charge >= 0.3 is 5.97 Å². The number of benzene rings is 1. The highest BCUT2D eigenvalue weighted by Gasteiger charge is 2.36. The van der Waals surface area contributed by atoms with E-state index in [1.807, 2.05) is 30.5 Å². The van der Waals surface area contributed by atoms with E-state index in [0.717, 1.165) is 14.9 Å². The summed E-state index contributed by atoms with van der Waals surface area (Å²) < 4.78 is 35.6. The monoisotopic (exact) mass is 438 g/mol. The van der Waals surface area contributed by atoms with Gasteiger partial charge in [0.05, 0.1) is 5.92 Å². The Labute approximate surface area is 173 Å². The summed E-state index contributed by atoms with van der Waals surface area (Å²) >= 11 is 1.61. The Morgan fingerprint density at radius 2 is 1.93 bits per heavy atom. The summed E-state index contributed by atoms with van der Waals surface area (Å²) in [6.07, 6.45) is 2.04. The van der Waals surface area contributed by atoms with Crippen molar-refractivity contribution in [3.05, 3.63) is 42.2 Å². The number of hydrogen-bond donors (Lipinski definition) is 0. The highest BCUT2D eigenvalue weighted by molar-refractivity contribution is 7.98. The Morgan fingerprint density at radius 3 is 2.55 bits per heavy atom. The molecule has 0 saturated carbocycles. The molecule has 1 saturated heterocycles. The van der Waals surface area contributed by atoms with Crippen molar-refractivity contribution in [3.8, 4) is 0 Å². The van der Waals surface area contributed by atoms with Crippen molar-refractivity contribution < 1.29 is 27.2 Å². The van der Waals surface area contributed by atoms with Gasteiger partial charge in [0.25, 0.3) is 10.0 Å². The lowest BCUT2D eigenvalue weighted by Crippen LogP contribution is -2.26. The number of rotatable bonds is 7. The molecule has 1 atom stereocenters. The standard InChI is InChI=1S/C19H22N2O6S2/c1-20(2)29(24,25)18-9-6-15(27-18)12-26-19(23)13-10-17(22)21(11-13)14-4-7-16(28-3)8-5-14/h4-9,13H,10-12H2,1-3H3. The molecular weight excluding hydrogens is 416 g/mol. The van der Waals surface area contributed by atoms with E-state index in [0.29, 0.717) is 0 Å². The molecule has 0 aliphatic carbocycles. The van der Waals surface area contributed by atoms with Crippen molar-refractivity contribution in [1.82, 2.24) is 4.31 Å². The number of nitrogens with zero attached hydrogens (tertiary/aromatic N) is 2. The van der Waals surface area contributed by atoms with E-state index in [1.54, 1.807) is 16.7 Å². The number of hydrogen-bond acceptors (Lipinski definition) is 7. The van der Waals surface area contributed by atoms with Gasteiger partial charge in [-0.15, -0.1) is 11.8 Å². The maximum Gasteiger partial charge on any atom is 0.311 e. The summed E-state index contributed by atoms with van der Waals surface area (Å²) in [7, 11) is -0.892. The summed E-state index contributed by atoms with van der Waals surface area (Å²) in [5, 5.41) is -0.218. The number of thioether (sulfide) groups is 1. The number of sulfonamides is 1. The van der Waals surface area contributed by atoms with E-state index in [1.165, 1.54) is 26.2 Å². The Hall–Kier alpha value is -2.30. The van der Waals surface area contributed by atoms with Gasteiger partial charge in [-0.25, -0.2) is 12.7 Å². The summed E-state index contributed by atoms with van der Waals surface area (Å²) in [6, 6.07) is 10.3. The molecule has 1 aromatic carbocycles. The molecule has 8 nitrogen and oxygen atoms in total. The van der Waals surface area contributed by atoms with Crippen LogP contribution in [0.1, 0.15) is 12.2 Å². The van der Waals surface area contributed by atoms with E-state index in [9.17, 15) is 18.0 Å². The molecule has 29 heavy (non-hydrogen) atoms. The third kappa shape index (κ3) is 4.65. The maximum absolute atomic E-state index is 12.4. The molecule has 0 N–H and O–H groups in total. The molecule has 0 bridgehead atoms. The topological polar surface area (TPSA) is 97.1 Å². The van der Waals surface area contributed by atoms with Crippen molar-refractivity contribution in [2.75, 3.05) is 31.8 Å². The highest BCUT2D eigenvalue weighted by Crippen LogP contribution is 2.28. The van der Waals surface area contributed by atoms with Crippen molar-refractivity contribution >= 4 is 39.3 Å². The van der Waals surface area contributed by atoms with Crippen LogP contribution >= 0.6 is 11.8 Å². The van der Waals surface area contributed by atoms with Gasteiger partial charge in [-0.3, -0.25) is 9.59 Å². The van der Waals surface area contributed by atoms with Crippen molar-refractivity contribution in [2.24, 2.45) is 5.92 Å². The van der Waals surface area contributed by atoms with E-state index < -0.39 is 21.9 Å². The van der Waals surface area contributed by atoms with Crippen LogP contribution in [0.25, 0.3) is 0 Å². The van der Waals surface area contributed by atoms with Gasteiger partial charge in [0, 0.05) is 37.6 Å². The van der Waals surface area contributed by atoms with Gasteiger partial charge in [-0.2, -0.15) is 0 Å². The lowest BCUT2D eigenvalue weighted by atomic mass is 10.1. The summed E-state index contributed by atoms with van der Waals surface area (Å²) in [6.45, 7) is 0.0452. The number of carbonyl (C=O) groups excluding carboxylic acids is 2. The minimum atomic E-state index is -3.69. The zero-order valence-electron chi connectivity index (χ0n) is 16.3. The largest absolute Gasteiger partial charge is 0.457 e. The molecule has 0 spiro atoms. The highest BCUT2D eigenvalue weighted by atomic mass is 32.2. The molecule has 1 aliphatic rings. The quantitative estimate of drug-likeness (QED) is 0.483. The minimum absolute atomic E-state index is 0.0710. The van der Waals surface area contributed by atoms with E-state index in [2.05, 4.69) is 0 Å². The number of amides is 1.